The monoisotopic (exact) mass is 200 g/mol. The van der Waals surface area contributed by atoms with Crippen LogP contribution in [0, 0.1) is 0 Å². The number of hydrogen-bond donors (Lipinski definition) is 2. The Bertz CT molecular complexity index is 199. The molecule has 11 heavy (non-hydrogen) atoms. The summed E-state index contributed by atoms with van der Waals surface area (Å²) in [6, 6.07) is 0.106. The summed E-state index contributed by atoms with van der Waals surface area (Å²) in [6.07, 6.45) is 2.08. The molecule has 0 aromatic carbocycles. The third-order valence-electron chi connectivity index (χ3n) is 1.44. The van der Waals surface area contributed by atoms with Crippen LogP contribution in [0.3, 0.4) is 0 Å². The molecule has 6 heteroatoms. The van der Waals surface area contributed by atoms with Crippen molar-refractivity contribution in [2.24, 2.45) is 0 Å². The lowest BCUT2D eigenvalue weighted by molar-refractivity contribution is 0.566. The molecule has 0 radical (unpaired) electrons. The maximum absolute atomic E-state index is 10.6. The van der Waals surface area contributed by atoms with E-state index in [0.717, 1.165) is 19.5 Å². The Labute approximate surface area is 73.2 Å². The topological polar surface area (TPSA) is 58.2 Å². The second kappa shape index (κ2) is 4.25. The molecule has 68 valence electrons. The standard InChI is InChI=1S/C5H12N2O2S.ClH/c1-10(8,9)7-5-2-3-6-4-5;/h5-7H,2-4H2,1H3;1H/t5-;/m1./s1. The summed E-state index contributed by atoms with van der Waals surface area (Å²) in [6.45, 7) is 1.67. The van der Waals surface area contributed by atoms with Crippen LogP contribution in [0.25, 0.3) is 0 Å². The quantitative estimate of drug-likeness (QED) is 0.621. The first-order valence-corrected chi connectivity index (χ1v) is 5.15. The summed E-state index contributed by atoms with van der Waals surface area (Å²) in [4.78, 5) is 0. The summed E-state index contributed by atoms with van der Waals surface area (Å²) in [5.41, 5.74) is 0. The maximum Gasteiger partial charge on any atom is 0.208 e. The van der Waals surface area contributed by atoms with Crippen LogP contribution in [-0.4, -0.2) is 33.8 Å². The smallest absolute Gasteiger partial charge is 0.208 e. The normalized spacial score (nSPS) is 24.6. The molecule has 0 spiro atoms. The summed E-state index contributed by atoms with van der Waals surface area (Å²) in [5, 5.41) is 3.07. The predicted octanol–water partition coefficient (Wildman–Crippen LogP) is -0.681. The Morgan fingerprint density at radius 2 is 2.18 bits per heavy atom. The van der Waals surface area contributed by atoms with Crippen molar-refractivity contribution in [3.8, 4) is 0 Å². The molecule has 0 saturated carbocycles. The van der Waals surface area contributed by atoms with Crippen LogP contribution in [0.5, 0.6) is 0 Å². The van der Waals surface area contributed by atoms with Crippen molar-refractivity contribution < 1.29 is 8.42 Å². The fraction of sp³-hybridized carbons (Fsp3) is 1.00. The molecule has 4 nitrogen and oxygen atoms in total. The van der Waals surface area contributed by atoms with Gasteiger partial charge in [0.15, 0.2) is 0 Å². The van der Waals surface area contributed by atoms with E-state index in [9.17, 15) is 8.42 Å². The van der Waals surface area contributed by atoms with Gasteiger partial charge in [-0.05, 0) is 13.0 Å². The number of sulfonamides is 1. The molecule has 1 heterocycles. The number of nitrogens with one attached hydrogen (secondary N) is 2. The fourth-order valence-corrected chi connectivity index (χ4v) is 1.86. The Morgan fingerprint density at radius 3 is 2.55 bits per heavy atom. The van der Waals surface area contributed by atoms with Crippen molar-refractivity contribution in [2.45, 2.75) is 12.5 Å². The van der Waals surface area contributed by atoms with Gasteiger partial charge >= 0.3 is 0 Å². The van der Waals surface area contributed by atoms with Gasteiger partial charge in [-0.15, -0.1) is 12.4 Å². The Kier molecular flexibility index (Phi) is 4.31. The SMILES string of the molecule is CS(=O)(=O)N[C@@H]1CCNC1.Cl. The average Bonchev–Trinajstić information content (AvgIpc) is 2.12. The first-order valence-electron chi connectivity index (χ1n) is 3.26. The van der Waals surface area contributed by atoms with Gasteiger partial charge in [-0.3, -0.25) is 0 Å². The highest BCUT2D eigenvalue weighted by Gasteiger charge is 2.17. The van der Waals surface area contributed by atoms with E-state index in [-0.39, 0.29) is 18.4 Å². The minimum Gasteiger partial charge on any atom is -0.315 e. The number of rotatable bonds is 2. The van der Waals surface area contributed by atoms with Crippen LogP contribution in [0.2, 0.25) is 0 Å². The van der Waals surface area contributed by atoms with Gasteiger partial charge in [0.05, 0.1) is 6.26 Å². The van der Waals surface area contributed by atoms with Crippen LogP contribution < -0.4 is 10.0 Å². The highest BCUT2D eigenvalue weighted by atomic mass is 35.5. The molecule has 1 aliphatic rings. The molecule has 1 fully saturated rings. The first-order chi connectivity index (χ1) is 4.58. The van der Waals surface area contributed by atoms with Crippen molar-refractivity contribution in [3.63, 3.8) is 0 Å². The Morgan fingerprint density at radius 1 is 1.55 bits per heavy atom. The largest absolute Gasteiger partial charge is 0.315 e. The number of halogens is 1. The van der Waals surface area contributed by atoms with Gasteiger partial charge in [-0.25, -0.2) is 13.1 Å². The zero-order valence-corrected chi connectivity index (χ0v) is 7.96. The van der Waals surface area contributed by atoms with Crippen molar-refractivity contribution in [1.29, 1.82) is 0 Å². The zero-order valence-electron chi connectivity index (χ0n) is 6.33. The lowest BCUT2D eigenvalue weighted by Gasteiger charge is -2.07. The van der Waals surface area contributed by atoms with Gasteiger partial charge in [0.25, 0.3) is 0 Å². The molecule has 0 aromatic heterocycles. The van der Waals surface area contributed by atoms with Gasteiger partial charge in [0.2, 0.25) is 10.0 Å². The minimum absolute atomic E-state index is 0. The van der Waals surface area contributed by atoms with E-state index in [2.05, 4.69) is 10.0 Å². The highest BCUT2D eigenvalue weighted by Crippen LogP contribution is 1.97. The van der Waals surface area contributed by atoms with Crippen molar-refractivity contribution in [1.82, 2.24) is 10.0 Å². The van der Waals surface area contributed by atoms with Gasteiger partial charge in [-0.1, -0.05) is 0 Å². The van der Waals surface area contributed by atoms with Crippen molar-refractivity contribution in [3.05, 3.63) is 0 Å². The third kappa shape index (κ3) is 4.58. The van der Waals surface area contributed by atoms with Crippen LogP contribution in [-0.2, 0) is 10.0 Å². The van der Waals surface area contributed by atoms with Crippen LogP contribution in [0.4, 0.5) is 0 Å². The highest BCUT2D eigenvalue weighted by molar-refractivity contribution is 7.88. The second-order valence-corrected chi connectivity index (χ2v) is 4.36. The minimum atomic E-state index is -3.00. The van der Waals surface area contributed by atoms with Gasteiger partial charge in [-0.2, -0.15) is 0 Å². The average molecular weight is 201 g/mol. The van der Waals surface area contributed by atoms with Gasteiger partial charge < -0.3 is 5.32 Å². The van der Waals surface area contributed by atoms with E-state index in [1.54, 1.807) is 0 Å². The van der Waals surface area contributed by atoms with Crippen LogP contribution in [0.15, 0.2) is 0 Å². The molecular formula is C5H13ClN2O2S. The molecule has 0 bridgehead atoms. The van der Waals surface area contributed by atoms with Crippen LogP contribution in [0.1, 0.15) is 6.42 Å². The summed E-state index contributed by atoms with van der Waals surface area (Å²) >= 11 is 0. The third-order valence-corrected chi connectivity index (χ3v) is 2.20. The summed E-state index contributed by atoms with van der Waals surface area (Å²) in [7, 11) is -3.00. The van der Waals surface area contributed by atoms with E-state index in [1.165, 1.54) is 6.26 Å². The zero-order chi connectivity index (χ0) is 7.61. The molecule has 2 N–H and O–H groups in total. The van der Waals surface area contributed by atoms with Crippen LogP contribution >= 0.6 is 12.4 Å². The lowest BCUT2D eigenvalue weighted by atomic mass is 10.3. The summed E-state index contributed by atoms with van der Waals surface area (Å²) < 4.78 is 23.8. The van der Waals surface area contributed by atoms with E-state index in [1.807, 2.05) is 0 Å². The molecule has 1 aliphatic heterocycles. The maximum atomic E-state index is 10.6. The molecule has 1 saturated heterocycles. The van der Waals surface area contributed by atoms with Gasteiger partial charge in [0, 0.05) is 12.6 Å². The molecule has 0 aliphatic carbocycles. The Hall–Kier alpha value is 0.160. The number of hydrogen-bond acceptors (Lipinski definition) is 3. The molecule has 0 unspecified atom stereocenters. The molecular weight excluding hydrogens is 188 g/mol. The van der Waals surface area contributed by atoms with Crippen molar-refractivity contribution in [2.75, 3.05) is 19.3 Å². The van der Waals surface area contributed by atoms with Gasteiger partial charge in [0.1, 0.15) is 0 Å². The van der Waals surface area contributed by atoms with E-state index >= 15 is 0 Å². The van der Waals surface area contributed by atoms with E-state index in [0.29, 0.717) is 0 Å². The van der Waals surface area contributed by atoms with Crippen molar-refractivity contribution >= 4 is 22.4 Å². The predicted molar refractivity (Wildman–Crippen MR) is 46.5 cm³/mol. The first kappa shape index (κ1) is 11.2. The van der Waals surface area contributed by atoms with E-state index < -0.39 is 10.0 Å². The molecule has 0 aromatic rings. The lowest BCUT2D eigenvalue weighted by Crippen LogP contribution is -2.35. The Balaban J connectivity index is 0.000001000. The fourth-order valence-electron chi connectivity index (χ4n) is 1.06. The molecule has 0 amide bonds. The van der Waals surface area contributed by atoms with E-state index in [4.69, 9.17) is 0 Å². The second-order valence-electron chi connectivity index (χ2n) is 2.58. The molecule has 1 atom stereocenters. The molecule has 1 rings (SSSR count). The summed E-state index contributed by atoms with van der Waals surface area (Å²) in [5.74, 6) is 0.